The molecule has 0 aliphatic carbocycles. The maximum absolute atomic E-state index is 11.5. The van der Waals surface area contributed by atoms with Crippen LogP contribution in [0.1, 0.15) is 121 Å². The van der Waals surface area contributed by atoms with Crippen molar-refractivity contribution in [2.45, 2.75) is 129 Å². The van der Waals surface area contributed by atoms with Crippen LogP contribution in [0.4, 0.5) is 0 Å². The van der Waals surface area contributed by atoms with Crippen molar-refractivity contribution >= 4 is 5.91 Å². The molecule has 1 amide bonds. The highest BCUT2D eigenvalue weighted by Gasteiger charge is 2.22. The van der Waals surface area contributed by atoms with Crippen LogP contribution in [0.5, 0.6) is 5.75 Å². The number of aliphatic hydroxyl groups is 1. The van der Waals surface area contributed by atoms with E-state index in [0.717, 1.165) is 30.0 Å². The Kier molecular flexibility index (Phi) is 34.0. The van der Waals surface area contributed by atoms with Gasteiger partial charge in [0.15, 0.2) is 0 Å². The van der Waals surface area contributed by atoms with Crippen LogP contribution < -0.4 is 4.74 Å². The zero-order valence-corrected chi connectivity index (χ0v) is 38.7. The first kappa shape index (κ1) is 54.3. The van der Waals surface area contributed by atoms with E-state index in [2.05, 4.69) is 29.4 Å². The lowest BCUT2D eigenvalue weighted by Gasteiger charge is -2.20. The standard InChI is InChI=1S/C48H82N4O11/c1-2-3-4-5-6-7-8-9-10-11-12-13-14-15-16-17-25-63-46-20-18-44(19-21-46)41-51-42-45(49-50-51)43-62-40-39-61-38-37-60-36-35-59-34-33-58-32-31-57-30-29-56-28-27-55-26-24-52-47(53)22-23-48(52)54/h18-23,42,47,53H,2-17,24-41,43H2,1H3. The molecule has 1 aliphatic rings. The number of aromatic nitrogens is 3. The van der Waals surface area contributed by atoms with Crippen LogP contribution in [-0.4, -0.2) is 149 Å². The summed E-state index contributed by atoms with van der Waals surface area (Å²) < 4.78 is 52.0. The summed E-state index contributed by atoms with van der Waals surface area (Å²) in [4.78, 5) is 12.8. The molecule has 15 nitrogen and oxygen atoms in total. The van der Waals surface area contributed by atoms with Crippen LogP contribution in [0.3, 0.4) is 0 Å². The number of benzene rings is 1. The molecule has 360 valence electrons. The van der Waals surface area contributed by atoms with Crippen LogP contribution in [0.2, 0.25) is 0 Å². The number of rotatable bonds is 46. The maximum atomic E-state index is 11.5. The maximum Gasteiger partial charge on any atom is 0.248 e. The summed E-state index contributed by atoms with van der Waals surface area (Å²) in [6.07, 6.45) is 25.8. The van der Waals surface area contributed by atoms with Gasteiger partial charge in [0.1, 0.15) is 17.7 Å². The molecular weight excluding hydrogens is 809 g/mol. The van der Waals surface area contributed by atoms with Crippen molar-refractivity contribution < 1.29 is 52.5 Å². The van der Waals surface area contributed by atoms with Gasteiger partial charge in [0, 0.05) is 12.6 Å². The lowest BCUT2D eigenvalue weighted by molar-refractivity contribution is -0.131. The summed E-state index contributed by atoms with van der Waals surface area (Å²) in [5, 5.41) is 18.1. The van der Waals surface area contributed by atoms with Gasteiger partial charge >= 0.3 is 0 Å². The highest BCUT2D eigenvalue weighted by Crippen LogP contribution is 2.16. The van der Waals surface area contributed by atoms with E-state index in [1.807, 2.05) is 23.0 Å². The molecule has 3 rings (SSSR count). The van der Waals surface area contributed by atoms with E-state index in [0.29, 0.717) is 119 Å². The molecule has 1 atom stereocenters. The van der Waals surface area contributed by atoms with Gasteiger partial charge in [0.25, 0.3) is 0 Å². The molecule has 0 radical (unpaired) electrons. The Hall–Kier alpha value is -2.99. The molecule has 1 aromatic heterocycles. The second-order valence-corrected chi connectivity index (χ2v) is 15.8. The van der Waals surface area contributed by atoms with Gasteiger partial charge in [-0.05, 0) is 30.2 Å². The average molecular weight is 891 g/mol. The van der Waals surface area contributed by atoms with Crippen molar-refractivity contribution in [3.05, 3.63) is 53.9 Å². The molecule has 1 unspecified atom stereocenters. The van der Waals surface area contributed by atoms with E-state index in [-0.39, 0.29) is 5.91 Å². The molecular formula is C48H82N4O11. The molecule has 0 fully saturated rings. The number of carbonyl (C=O) groups excluding carboxylic acids is 1. The molecule has 63 heavy (non-hydrogen) atoms. The van der Waals surface area contributed by atoms with Crippen molar-refractivity contribution in [2.75, 3.05) is 112 Å². The Morgan fingerprint density at radius 1 is 0.540 bits per heavy atom. The average Bonchev–Trinajstić information content (AvgIpc) is 3.88. The van der Waals surface area contributed by atoms with Crippen molar-refractivity contribution in [3.63, 3.8) is 0 Å². The number of ether oxygens (including phenoxy) is 9. The minimum absolute atomic E-state index is 0.206. The summed E-state index contributed by atoms with van der Waals surface area (Å²) in [6, 6.07) is 8.25. The van der Waals surface area contributed by atoms with Crippen molar-refractivity contribution in [3.8, 4) is 5.75 Å². The topological polar surface area (TPSA) is 154 Å². The van der Waals surface area contributed by atoms with Gasteiger partial charge in [-0.25, -0.2) is 4.68 Å². The zero-order valence-electron chi connectivity index (χ0n) is 38.7. The third-order valence-electron chi connectivity index (χ3n) is 10.5. The predicted molar refractivity (Wildman–Crippen MR) is 243 cm³/mol. The van der Waals surface area contributed by atoms with Crippen LogP contribution in [-0.2, 0) is 55.8 Å². The van der Waals surface area contributed by atoms with E-state index in [9.17, 15) is 9.90 Å². The highest BCUT2D eigenvalue weighted by molar-refractivity contribution is 5.90. The van der Waals surface area contributed by atoms with Crippen LogP contribution in [0.25, 0.3) is 0 Å². The SMILES string of the molecule is CCCCCCCCCCCCCCCCCCOc1ccc(Cn2cc(COCCOCCOCCOCCOCCOCCOCCOCCN3C(=O)C=CC3O)nn2)cc1. The number of amides is 1. The number of unbranched alkanes of at least 4 members (excludes halogenated alkanes) is 15. The van der Waals surface area contributed by atoms with Crippen molar-refractivity contribution in [1.29, 1.82) is 0 Å². The van der Waals surface area contributed by atoms with Gasteiger partial charge in [0.2, 0.25) is 5.91 Å². The Labute approximate surface area is 378 Å². The first-order valence-electron chi connectivity index (χ1n) is 24.0. The van der Waals surface area contributed by atoms with Gasteiger partial charge in [-0.15, -0.1) is 5.10 Å². The molecule has 0 saturated heterocycles. The number of nitrogens with zero attached hydrogens (tertiary/aromatic N) is 4. The summed E-state index contributed by atoms with van der Waals surface area (Å²) in [5.74, 6) is 0.710. The van der Waals surface area contributed by atoms with Crippen LogP contribution >= 0.6 is 0 Å². The van der Waals surface area contributed by atoms with E-state index < -0.39 is 6.23 Å². The molecule has 1 aromatic carbocycles. The molecule has 2 aromatic rings. The fraction of sp³-hybridized carbons (Fsp3) is 0.771. The first-order chi connectivity index (χ1) is 31.2. The quantitative estimate of drug-likeness (QED) is 0.0662. The van der Waals surface area contributed by atoms with Crippen molar-refractivity contribution in [1.82, 2.24) is 19.9 Å². The van der Waals surface area contributed by atoms with Crippen LogP contribution in [0, 0.1) is 0 Å². The molecule has 1 N–H and O–H groups in total. The third-order valence-corrected chi connectivity index (χ3v) is 10.5. The fourth-order valence-corrected chi connectivity index (χ4v) is 6.82. The normalized spacial score (nSPS) is 13.8. The Morgan fingerprint density at radius 2 is 0.968 bits per heavy atom. The Balaban J connectivity index is 0.990. The number of hydrogen-bond donors (Lipinski definition) is 1. The second kappa shape index (κ2) is 39.4. The summed E-state index contributed by atoms with van der Waals surface area (Å²) >= 11 is 0. The lowest BCUT2D eigenvalue weighted by atomic mass is 10.0. The molecule has 15 heteroatoms. The molecule has 2 heterocycles. The van der Waals surface area contributed by atoms with E-state index in [4.69, 9.17) is 42.6 Å². The summed E-state index contributed by atoms with van der Waals surface area (Å²) in [5.41, 5.74) is 1.92. The fourth-order valence-electron chi connectivity index (χ4n) is 6.82. The largest absolute Gasteiger partial charge is 0.494 e. The molecule has 0 bridgehead atoms. The Morgan fingerprint density at radius 3 is 1.41 bits per heavy atom. The molecule has 0 spiro atoms. The van der Waals surface area contributed by atoms with Gasteiger partial charge in [-0.2, -0.15) is 0 Å². The molecule has 0 saturated carbocycles. The van der Waals surface area contributed by atoms with E-state index in [1.165, 1.54) is 113 Å². The zero-order chi connectivity index (χ0) is 44.5. The number of aliphatic hydroxyl groups excluding tert-OH is 1. The van der Waals surface area contributed by atoms with Gasteiger partial charge < -0.3 is 52.6 Å². The van der Waals surface area contributed by atoms with Gasteiger partial charge in [-0.1, -0.05) is 121 Å². The van der Waals surface area contributed by atoms with Gasteiger partial charge in [0.05, 0.1) is 125 Å². The second-order valence-electron chi connectivity index (χ2n) is 15.8. The van der Waals surface area contributed by atoms with Gasteiger partial charge in [-0.3, -0.25) is 4.79 Å². The Bertz CT molecular complexity index is 1370. The van der Waals surface area contributed by atoms with Crippen LogP contribution in [0.15, 0.2) is 42.6 Å². The number of hydrogen-bond acceptors (Lipinski definition) is 13. The predicted octanol–water partition coefficient (Wildman–Crippen LogP) is 7.32. The monoisotopic (exact) mass is 891 g/mol. The van der Waals surface area contributed by atoms with Crippen molar-refractivity contribution in [2.24, 2.45) is 0 Å². The van der Waals surface area contributed by atoms with E-state index >= 15 is 0 Å². The summed E-state index contributed by atoms with van der Waals surface area (Å²) in [7, 11) is 0. The van der Waals surface area contributed by atoms with E-state index in [1.54, 1.807) is 0 Å². The first-order valence-corrected chi connectivity index (χ1v) is 24.0. The number of carbonyl (C=O) groups is 1. The molecule has 1 aliphatic heterocycles. The highest BCUT2D eigenvalue weighted by atomic mass is 16.6. The minimum atomic E-state index is -0.861. The lowest BCUT2D eigenvalue weighted by Crippen LogP contribution is -2.36. The smallest absolute Gasteiger partial charge is 0.248 e. The minimum Gasteiger partial charge on any atom is -0.494 e. The third kappa shape index (κ3) is 30.0. The summed E-state index contributed by atoms with van der Waals surface area (Å²) in [6.45, 7) is 11.3.